The highest BCUT2D eigenvalue weighted by Gasteiger charge is 2.20. The molecule has 1 fully saturated rings. The summed E-state index contributed by atoms with van der Waals surface area (Å²) in [6.07, 6.45) is 6.60. The lowest BCUT2D eigenvalue weighted by molar-refractivity contribution is 0.533. The van der Waals surface area contributed by atoms with Gasteiger partial charge in [0.05, 0.1) is 16.4 Å². The first-order valence-corrected chi connectivity index (χ1v) is 9.65. The lowest BCUT2D eigenvalue weighted by atomic mass is 10.1. The summed E-state index contributed by atoms with van der Waals surface area (Å²) < 4.78 is 2.06. The molecule has 0 aromatic carbocycles. The van der Waals surface area contributed by atoms with Crippen LogP contribution in [0, 0.1) is 6.92 Å². The van der Waals surface area contributed by atoms with Gasteiger partial charge in [0.2, 0.25) is 0 Å². The normalized spacial score (nSPS) is 17.5. The maximum atomic E-state index is 6.45. The molecule has 0 spiro atoms. The van der Waals surface area contributed by atoms with E-state index in [2.05, 4.69) is 40.7 Å². The molecule has 120 valence electrons. The number of aromatic nitrogens is 2. The van der Waals surface area contributed by atoms with Gasteiger partial charge in [-0.15, -0.1) is 0 Å². The maximum Gasteiger partial charge on any atom is 0.0847 e. The van der Waals surface area contributed by atoms with E-state index in [-0.39, 0.29) is 0 Å². The van der Waals surface area contributed by atoms with Gasteiger partial charge in [-0.25, -0.2) is 0 Å². The van der Waals surface area contributed by atoms with Crippen LogP contribution in [0.5, 0.6) is 0 Å². The monoisotopic (exact) mass is 329 g/mol. The summed E-state index contributed by atoms with van der Waals surface area (Å²) in [4.78, 5) is 0. The van der Waals surface area contributed by atoms with Crippen LogP contribution in [0.25, 0.3) is 0 Å². The van der Waals surface area contributed by atoms with E-state index in [0.29, 0.717) is 6.04 Å². The molecule has 1 saturated carbocycles. The Bertz CT molecular complexity index is 441. The zero-order valence-corrected chi connectivity index (χ0v) is 15.1. The molecule has 1 aromatic rings. The van der Waals surface area contributed by atoms with Crippen LogP contribution < -0.4 is 5.32 Å². The molecule has 0 bridgehead atoms. The van der Waals surface area contributed by atoms with Gasteiger partial charge in [-0.2, -0.15) is 16.9 Å². The van der Waals surface area contributed by atoms with Crippen molar-refractivity contribution >= 4 is 23.4 Å². The minimum atomic E-state index is 0.486. The Labute approximate surface area is 138 Å². The molecule has 21 heavy (non-hydrogen) atoms. The second-order valence-corrected chi connectivity index (χ2v) is 7.57. The molecule has 1 aliphatic carbocycles. The van der Waals surface area contributed by atoms with E-state index in [0.717, 1.165) is 35.5 Å². The largest absolute Gasteiger partial charge is 0.313 e. The highest BCUT2D eigenvalue weighted by atomic mass is 35.5. The number of hydrogen-bond donors (Lipinski definition) is 1. The van der Waals surface area contributed by atoms with Crippen molar-refractivity contribution in [1.29, 1.82) is 0 Å². The Morgan fingerprint density at radius 1 is 1.38 bits per heavy atom. The van der Waals surface area contributed by atoms with E-state index in [1.165, 1.54) is 37.1 Å². The van der Waals surface area contributed by atoms with Crippen LogP contribution in [-0.4, -0.2) is 33.4 Å². The van der Waals surface area contributed by atoms with Gasteiger partial charge in [0.25, 0.3) is 0 Å². The van der Waals surface area contributed by atoms with Gasteiger partial charge < -0.3 is 5.32 Å². The lowest BCUT2D eigenvalue weighted by Gasteiger charge is -2.20. The van der Waals surface area contributed by atoms with Crippen molar-refractivity contribution in [3.63, 3.8) is 0 Å². The first-order chi connectivity index (χ1) is 10.2. The summed E-state index contributed by atoms with van der Waals surface area (Å²) in [5.74, 6) is 1.17. The van der Waals surface area contributed by atoms with Gasteiger partial charge in [-0.1, -0.05) is 31.4 Å². The number of likely N-dealkylation sites (N-methyl/N-ethyl adjacent to an activating group) is 1. The molecule has 1 atom stereocenters. The second kappa shape index (κ2) is 8.44. The van der Waals surface area contributed by atoms with Crippen molar-refractivity contribution < 1.29 is 0 Å². The number of thioether (sulfide) groups is 1. The average molecular weight is 330 g/mol. The molecule has 0 amide bonds. The van der Waals surface area contributed by atoms with Crippen LogP contribution in [0.15, 0.2) is 0 Å². The van der Waals surface area contributed by atoms with Gasteiger partial charge in [0, 0.05) is 30.0 Å². The second-order valence-electron chi connectivity index (χ2n) is 5.86. The molecule has 2 rings (SSSR count). The van der Waals surface area contributed by atoms with E-state index in [1.54, 1.807) is 0 Å². The van der Waals surface area contributed by atoms with E-state index in [9.17, 15) is 0 Å². The van der Waals surface area contributed by atoms with Crippen LogP contribution >= 0.6 is 23.4 Å². The summed E-state index contributed by atoms with van der Waals surface area (Å²) in [7, 11) is 0. The lowest BCUT2D eigenvalue weighted by Crippen LogP contribution is -2.34. The van der Waals surface area contributed by atoms with Gasteiger partial charge in [-0.05, 0) is 33.2 Å². The van der Waals surface area contributed by atoms with Gasteiger partial charge >= 0.3 is 0 Å². The van der Waals surface area contributed by atoms with Crippen molar-refractivity contribution in [1.82, 2.24) is 15.1 Å². The first kappa shape index (κ1) is 17.2. The van der Waals surface area contributed by atoms with Crippen molar-refractivity contribution in [2.24, 2.45) is 0 Å². The fourth-order valence-corrected chi connectivity index (χ4v) is 4.70. The van der Waals surface area contributed by atoms with Gasteiger partial charge in [-0.3, -0.25) is 4.68 Å². The summed E-state index contributed by atoms with van der Waals surface area (Å²) >= 11 is 8.59. The minimum absolute atomic E-state index is 0.486. The molecule has 1 N–H and O–H groups in total. The van der Waals surface area contributed by atoms with Crippen molar-refractivity contribution in [2.75, 3.05) is 12.3 Å². The summed E-state index contributed by atoms with van der Waals surface area (Å²) in [6.45, 7) is 8.19. The van der Waals surface area contributed by atoms with Crippen LogP contribution in [0.1, 0.15) is 50.9 Å². The highest BCUT2D eigenvalue weighted by Crippen LogP contribution is 2.30. The molecule has 1 heterocycles. The topological polar surface area (TPSA) is 29.9 Å². The number of hydrogen-bond acceptors (Lipinski definition) is 3. The van der Waals surface area contributed by atoms with Crippen LogP contribution in [0.2, 0.25) is 5.02 Å². The summed E-state index contributed by atoms with van der Waals surface area (Å²) in [5, 5.41) is 9.88. The molecule has 5 heteroatoms. The fourth-order valence-electron chi connectivity index (χ4n) is 3.08. The molecular formula is C16H28ClN3S. The van der Waals surface area contributed by atoms with Crippen LogP contribution in [0.4, 0.5) is 0 Å². The summed E-state index contributed by atoms with van der Waals surface area (Å²) in [5.41, 5.74) is 2.14. The molecule has 1 unspecified atom stereocenters. The van der Waals surface area contributed by atoms with Crippen LogP contribution in [0.3, 0.4) is 0 Å². The minimum Gasteiger partial charge on any atom is -0.313 e. The standard InChI is InChI=1S/C16H28ClN3S/c1-4-18-13(11-21-14-8-6-7-9-14)10-15-16(17)12(3)19-20(15)5-2/h13-14,18H,4-11H2,1-3H3. The predicted molar refractivity (Wildman–Crippen MR) is 93.5 cm³/mol. The zero-order valence-electron chi connectivity index (χ0n) is 13.5. The zero-order chi connectivity index (χ0) is 15.2. The smallest absolute Gasteiger partial charge is 0.0847 e. The Morgan fingerprint density at radius 3 is 2.71 bits per heavy atom. The van der Waals surface area contributed by atoms with Crippen molar-refractivity contribution in [2.45, 2.75) is 70.7 Å². The maximum absolute atomic E-state index is 6.45. The van der Waals surface area contributed by atoms with E-state index < -0.39 is 0 Å². The Morgan fingerprint density at radius 2 is 2.10 bits per heavy atom. The van der Waals surface area contributed by atoms with Crippen LogP contribution in [-0.2, 0) is 13.0 Å². The molecule has 1 aromatic heterocycles. The van der Waals surface area contributed by atoms with E-state index in [4.69, 9.17) is 11.6 Å². The number of halogens is 1. The predicted octanol–water partition coefficient (Wildman–Crippen LogP) is 4.06. The average Bonchev–Trinajstić information content (AvgIpc) is 3.08. The molecule has 0 radical (unpaired) electrons. The molecular weight excluding hydrogens is 302 g/mol. The Balaban J connectivity index is 1.98. The number of aryl methyl sites for hydroxylation is 2. The number of nitrogens with zero attached hydrogens (tertiary/aromatic N) is 2. The number of rotatable bonds is 8. The van der Waals surface area contributed by atoms with E-state index >= 15 is 0 Å². The third-order valence-corrected chi connectivity index (χ3v) is 6.25. The van der Waals surface area contributed by atoms with E-state index in [1.807, 2.05) is 6.92 Å². The van der Waals surface area contributed by atoms with Crippen molar-refractivity contribution in [3.05, 3.63) is 16.4 Å². The molecule has 3 nitrogen and oxygen atoms in total. The third-order valence-electron chi connectivity index (χ3n) is 4.22. The van der Waals surface area contributed by atoms with Gasteiger partial charge in [0.1, 0.15) is 0 Å². The third kappa shape index (κ3) is 4.64. The molecule has 0 saturated heterocycles. The fraction of sp³-hybridized carbons (Fsp3) is 0.812. The molecule has 1 aliphatic rings. The van der Waals surface area contributed by atoms with Crippen molar-refractivity contribution in [3.8, 4) is 0 Å². The molecule has 0 aliphatic heterocycles. The number of nitrogens with one attached hydrogen (secondary N) is 1. The highest BCUT2D eigenvalue weighted by molar-refractivity contribution is 7.99. The Hall–Kier alpha value is -0.190. The SMILES string of the molecule is CCNC(CSC1CCCC1)Cc1c(Cl)c(C)nn1CC. The summed E-state index contributed by atoms with van der Waals surface area (Å²) in [6, 6.07) is 0.486. The van der Waals surface area contributed by atoms with Gasteiger partial charge in [0.15, 0.2) is 0 Å². The first-order valence-electron chi connectivity index (χ1n) is 8.22. The Kier molecular flexibility index (Phi) is 6.90. The quantitative estimate of drug-likeness (QED) is 0.780.